The molecule has 9 nitrogen and oxygen atoms in total. The van der Waals surface area contributed by atoms with Crippen molar-refractivity contribution in [3.8, 4) is 0 Å². The number of ether oxygens (including phenoxy) is 1. The quantitative estimate of drug-likeness (QED) is 0.583. The fourth-order valence-electron chi connectivity index (χ4n) is 2.31. The van der Waals surface area contributed by atoms with Crippen LogP contribution in [-0.2, 0) is 14.3 Å². The largest absolute Gasteiger partial charge is 0.454 e. The number of aryl methyl sites for hydroxylation is 1. The Bertz CT molecular complexity index is 773. The van der Waals surface area contributed by atoms with Crippen molar-refractivity contribution in [1.82, 2.24) is 15.5 Å². The van der Waals surface area contributed by atoms with Crippen LogP contribution in [0.15, 0.2) is 18.2 Å². The normalized spacial score (nSPS) is 14.0. The Labute approximate surface area is 143 Å². The molecule has 1 heterocycles. The number of nitrogens with one attached hydrogen (secondary N) is 2. The van der Waals surface area contributed by atoms with Gasteiger partial charge in [0, 0.05) is 7.05 Å². The highest BCUT2D eigenvalue weighted by atomic mass is 16.5. The second kappa shape index (κ2) is 7.12. The summed E-state index contributed by atoms with van der Waals surface area (Å²) in [5, 5.41) is 4.09. The Morgan fingerprint density at radius 1 is 1.16 bits per heavy atom. The molecule has 1 aromatic rings. The van der Waals surface area contributed by atoms with Gasteiger partial charge in [-0.25, -0.2) is 9.59 Å². The second-order valence-electron chi connectivity index (χ2n) is 5.44. The van der Waals surface area contributed by atoms with Crippen molar-refractivity contribution >= 4 is 29.7 Å². The van der Waals surface area contributed by atoms with Gasteiger partial charge in [-0.05, 0) is 26.0 Å². The van der Waals surface area contributed by atoms with Crippen LogP contribution in [0, 0.1) is 6.92 Å². The molecule has 0 saturated carbocycles. The van der Waals surface area contributed by atoms with Gasteiger partial charge in [-0.3, -0.25) is 24.6 Å². The number of carbonyl (C=O) groups excluding carboxylic acids is 5. The minimum absolute atomic E-state index is 0.215. The fraction of sp³-hybridized carbons (Fsp3) is 0.312. The van der Waals surface area contributed by atoms with E-state index in [4.69, 9.17) is 4.74 Å². The highest BCUT2D eigenvalue weighted by molar-refractivity contribution is 6.22. The molecule has 2 rings (SSSR count). The van der Waals surface area contributed by atoms with E-state index in [-0.39, 0.29) is 11.1 Å². The molecule has 1 aromatic carbocycles. The molecule has 0 aliphatic carbocycles. The standard InChI is InChI=1S/C16H17N3O6/c1-8-4-5-10-11(6-8)14(22)19(13(10)21)9(2)15(23)25-7-12(20)18-16(24)17-3/h4-6,9H,7H2,1-3H3,(H2,17,18,20,24). The summed E-state index contributed by atoms with van der Waals surface area (Å²) in [6, 6.07) is 2.84. The summed E-state index contributed by atoms with van der Waals surface area (Å²) in [7, 11) is 1.32. The van der Waals surface area contributed by atoms with Gasteiger partial charge in [-0.15, -0.1) is 0 Å². The average Bonchev–Trinajstić information content (AvgIpc) is 2.82. The smallest absolute Gasteiger partial charge is 0.329 e. The SMILES string of the molecule is CNC(=O)NC(=O)COC(=O)C(C)N1C(=O)c2ccc(C)cc2C1=O. The molecule has 0 radical (unpaired) electrons. The van der Waals surface area contributed by atoms with E-state index in [0.717, 1.165) is 10.5 Å². The molecule has 0 bridgehead atoms. The molecular formula is C16H17N3O6. The second-order valence-corrected chi connectivity index (χ2v) is 5.44. The van der Waals surface area contributed by atoms with Gasteiger partial charge in [-0.1, -0.05) is 11.6 Å². The number of rotatable bonds is 4. The van der Waals surface area contributed by atoms with Crippen LogP contribution < -0.4 is 10.6 Å². The third kappa shape index (κ3) is 3.65. The molecule has 0 saturated heterocycles. The first-order valence-electron chi connectivity index (χ1n) is 7.43. The number of carbonyl (C=O) groups is 5. The third-order valence-electron chi connectivity index (χ3n) is 3.63. The van der Waals surface area contributed by atoms with Crippen molar-refractivity contribution in [2.45, 2.75) is 19.9 Å². The zero-order chi connectivity index (χ0) is 18.7. The summed E-state index contributed by atoms with van der Waals surface area (Å²) in [5.41, 5.74) is 1.25. The molecule has 1 atom stereocenters. The summed E-state index contributed by atoms with van der Waals surface area (Å²) in [5.74, 6) is -2.96. The lowest BCUT2D eigenvalue weighted by atomic mass is 10.1. The molecule has 0 fully saturated rings. The van der Waals surface area contributed by atoms with Gasteiger partial charge in [0.25, 0.3) is 17.7 Å². The van der Waals surface area contributed by atoms with Crippen LogP contribution in [0.3, 0.4) is 0 Å². The maximum Gasteiger partial charge on any atom is 0.329 e. The molecular weight excluding hydrogens is 330 g/mol. The lowest BCUT2D eigenvalue weighted by Gasteiger charge is -2.20. The van der Waals surface area contributed by atoms with Gasteiger partial charge in [-0.2, -0.15) is 0 Å². The Morgan fingerprint density at radius 2 is 1.80 bits per heavy atom. The van der Waals surface area contributed by atoms with Gasteiger partial charge in [0.1, 0.15) is 6.04 Å². The molecule has 0 spiro atoms. The molecule has 0 aromatic heterocycles. The number of amides is 5. The van der Waals surface area contributed by atoms with Gasteiger partial charge >= 0.3 is 12.0 Å². The molecule has 25 heavy (non-hydrogen) atoms. The van der Waals surface area contributed by atoms with Crippen LogP contribution in [0.2, 0.25) is 0 Å². The molecule has 132 valence electrons. The van der Waals surface area contributed by atoms with Gasteiger partial charge < -0.3 is 10.1 Å². The van der Waals surface area contributed by atoms with Crippen molar-refractivity contribution in [2.24, 2.45) is 0 Å². The van der Waals surface area contributed by atoms with Crippen LogP contribution in [0.25, 0.3) is 0 Å². The van der Waals surface area contributed by atoms with Gasteiger partial charge in [0.15, 0.2) is 6.61 Å². The van der Waals surface area contributed by atoms with Crippen LogP contribution in [0.5, 0.6) is 0 Å². The van der Waals surface area contributed by atoms with Crippen molar-refractivity contribution in [3.63, 3.8) is 0 Å². The van der Waals surface area contributed by atoms with Gasteiger partial charge in [0.2, 0.25) is 0 Å². The number of benzene rings is 1. The Balaban J connectivity index is 2.03. The lowest BCUT2D eigenvalue weighted by molar-refractivity contribution is -0.151. The Kier molecular flexibility index (Phi) is 5.16. The summed E-state index contributed by atoms with van der Waals surface area (Å²) in [6.45, 7) is 2.40. The lowest BCUT2D eigenvalue weighted by Crippen LogP contribution is -2.45. The minimum atomic E-state index is -1.21. The zero-order valence-corrected chi connectivity index (χ0v) is 13.9. The van der Waals surface area contributed by atoms with Crippen LogP contribution in [0.4, 0.5) is 4.79 Å². The van der Waals surface area contributed by atoms with Crippen molar-refractivity contribution in [1.29, 1.82) is 0 Å². The fourth-order valence-corrected chi connectivity index (χ4v) is 2.31. The van der Waals surface area contributed by atoms with Crippen LogP contribution in [0.1, 0.15) is 33.2 Å². The number of esters is 1. The molecule has 5 amide bonds. The predicted octanol–water partition coefficient (Wildman–Crippen LogP) is -0.0217. The number of hydrogen-bond acceptors (Lipinski definition) is 6. The monoisotopic (exact) mass is 347 g/mol. The van der Waals surface area contributed by atoms with E-state index in [1.54, 1.807) is 19.1 Å². The Morgan fingerprint density at radius 3 is 2.44 bits per heavy atom. The van der Waals surface area contributed by atoms with Crippen molar-refractivity contribution in [2.75, 3.05) is 13.7 Å². The number of fused-ring (bicyclic) bond motifs is 1. The topological polar surface area (TPSA) is 122 Å². The van der Waals surface area contributed by atoms with Crippen LogP contribution in [-0.4, -0.2) is 54.3 Å². The predicted molar refractivity (Wildman–Crippen MR) is 84.7 cm³/mol. The zero-order valence-electron chi connectivity index (χ0n) is 13.9. The Hall–Kier alpha value is -3.23. The summed E-state index contributed by atoms with van der Waals surface area (Å²) < 4.78 is 4.77. The number of nitrogens with zero attached hydrogens (tertiary/aromatic N) is 1. The van der Waals surface area contributed by atoms with Gasteiger partial charge in [0.05, 0.1) is 11.1 Å². The first-order valence-corrected chi connectivity index (χ1v) is 7.43. The number of imide groups is 2. The van der Waals surface area contributed by atoms with E-state index in [2.05, 4.69) is 5.32 Å². The molecule has 2 N–H and O–H groups in total. The number of hydrogen-bond donors (Lipinski definition) is 2. The number of urea groups is 1. The van der Waals surface area contributed by atoms with E-state index in [1.807, 2.05) is 5.32 Å². The van der Waals surface area contributed by atoms with E-state index in [1.165, 1.54) is 20.0 Å². The van der Waals surface area contributed by atoms with E-state index < -0.39 is 42.4 Å². The third-order valence-corrected chi connectivity index (χ3v) is 3.63. The first kappa shape index (κ1) is 18.1. The summed E-state index contributed by atoms with van der Waals surface area (Å²) in [6.07, 6.45) is 0. The summed E-state index contributed by atoms with van der Waals surface area (Å²) >= 11 is 0. The van der Waals surface area contributed by atoms with E-state index >= 15 is 0 Å². The molecule has 1 unspecified atom stereocenters. The van der Waals surface area contributed by atoms with E-state index in [9.17, 15) is 24.0 Å². The highest BCUT2D eigenvalue weighted by Gasteiger charge is 2.41. The first-order chi connectivity index (χ1) is 11.8. The molecule has 1 aliphatic rings. The molecule has 9 heteroatoms. The van der Waals surface area contributed by atoms with Crippen molar-refractivity contribution < 1.29 is 28.7 Å². The summed E-state index contributed by atoms with van der Waals surface area (Å²) in [4.78, 5) is 60.0. The molecule has 1 aliphatic heterocycles. The maximum atomic E-state index is 12.4. The maximum absolute atomic E-state index is 12.4. The van der Waals surface area contributed by atoms with Crippen LogP contribution >= 0.6 is 0 Å². The highest BCUT2D eigenvalue weighted by Crippen LogP contribution is 2.25. The minimum Gasteiger partial charge on any atom is -0.454 e. The average molecular weight is 347 g/mol. The van der Waals surface area contributed by atoms with Crippen molar-refractivity contribution in [3.05, 3.63) is 34.9 Å². The van der Waals surface area contributed by atoms with E-state index in [0.29, 0.717) is 0 Å².